The van der Waals surface area contributed by atoms with Crippen LogP contribution in [0.15, 0.2) is 0 Å². The highest BCUT2D eigenvalue weighted by Crippen LogP contribution is 2.40. The first-order valence-corrected chi connectivity index (χ1v) is 9.34. The van der Waals surface area contributed by atoms with Crippen molar-refractivity contribution in [1.29, 1.82) is 0 Å². The lowest BCUT2D eigenvalue weighted by molar-refractivity contribution is -0.225. The summed E-state index contributed by atoms with van der Waals surface area (Å²) >= 11 is 0. The smallest absolute Gasteiger partial charge is 0.410 e. The van der Waals surface area contributed by atoms with Crippen molar-refractivity contribution in [3.63, 3.8) is 0 Å². The largest absolute Gasteiger partial charge is 0.444 e. The van der Waals surface area contributed by atoms with Gasteiger partial charge in [0.15, 0.2) is 0 Å². The van der Waals surface area contributed by atoms with E-state index in [4.69, 9.17) is 23.1 Å². The summed E-state index contributed by atoms with van der Waals surface area (Å²) in [5, 5.41) is 0. The molecule has 0 spiro atoms. The van der Waals surface area contributed by atoms with E-state index in [1.807, 2.05) is 0 Å². The van der Waals surface area contributed by atoms with Gasteiger partial charge in [0.1, 0.15) is 30.5 Å². The lowest BCUT2D eigenvalue weighted by atomic mass is 10.0. The van der Waals surface area contributed by atoms with E-state index in [2.05, 4.69) is 0 Å². The van der Waals surface area contributed by atoms with Crippen molar-refractivity contribution in [3.05, 3.63) is 0 Å². The first kappa shape index (κ1) is 19.4. The van der Waals surface area contributed by atoms with E-state index in [0.717, 1.165) is 6.26 Å². The van der Waals surface area contributed by atoms with Crippen LogP contribution in [-0.4, -0.2) is 82.7 Å². The lowest BCUT2D eigenvalue weighted by Crippen LogP contribution is -2.55. The molecule has 0 aromatic carbocycles. The van der Waals surface area contributed by atoms with Crippen molar-refractivity contribution >= 4 is 16.2 Å². The van der Waals surface area contributed by atoms with E-state index in [-0.39, 0.29) is 13.2 Å². The maximum atomic E-state index is 12.6. The molecule has 0 N–H and O–H groups in total. The summed E-state index contributed by atoms with van der Waals surface area (Å²) in [7, 11) is -0.846. The molecule has 10 heteroatoms. The van der Waals surface area contributed by atoms with Gasteiger partial charge < -0.3 is 18.9 Å². The van der Waals surface area contributed by atoms with Gasteiger partial charge in [-0.25, -0.2) is 4.79 Å². The maximum absolute atomic E-state index is 12.6. The number of carbonyl (C=O) groups is 1. The molecule has 2 aliphatic heterocycles. The Kier molecular flexibility index (Phi) is 5.18. The van der Waals surface area contributed by atoms with Crippen LogP contribution in [0.25, 0.3) is 0 Å². The number of amides is 1. The topological polar surface area (TPSA) is 101 Å². The number of methoxy groups -OCH3 is 2. The number of carbonyl (C=O) groups excluding carboxylic acids is 1. The zero-order chi connectivity index (χ0) is 18.3. The second-order valence-corrected chi connectivity index (χ2v) is 8.51. The van der Waals surface area contributed by atoms with Crippen molar-refractivity contribution in [2.24, 2.45) is 0 Å². The summed E-state index contributed by atoms with van der Waals surface area (Å²) in [6.45, 7) is 5.26. The minimum atomic E-state index is -3.72. The summed E-state index contributed by atoms with van der Waals surface area (Å²) in [5.41, 5.74) is -0.704. The average molecular weight is 367 g/mol. The highest BCUT2D eigenvalue weighted by Gasteiger charge is 2.63. The number of rotatable bonds is 4. The molecule has 0 aliphatic carbocycles. The van der Waals surface area contributed by atoms with Crippen LogP contribution in [0.2, 0.25) is 0 Å². The van der Waals surface area contributed by atoms with E-state index in [1.165, 1.54) is 19.1 Å². The van der Waals surface area contributed by atoms with Gasteiger partial charge >= 0.3 is 6.09 Å². The number of hydrogen-bond acceptors (Lipinski definition) is 8. The highest BCUT2D eigenvalue weighted by atomic mass is 32.2. The van der Waals surface area contributed by atoms with E-state index in [9.17, 15) is 13.2 Å². The Bertz CT molecular complexity index is 580. The summed E-state index contributed by atoms with van der Waals surface area (Å²) in [4.78, 5) is 13.9. The Morgan fingerprint density at radius 2 is 1.83 bits per heavy atom. The first-order valence-electron chi connectivity index (χ1n) is 7.52. The molecule has 0 unspecified atom stereocenters. The molecular formula is C14H25NO8S. The van der Waals surface area contributed by atoms with Crippen LogP contribution in [0.3, 0.4) is 0 Å². The Labute approximate surface area is 142 Å². The van der Waals surface area contributed by atoms with Gasteiger partial charge in [0, 0.05) is 14.2 Å². The Morgan fingerprint density at radius 3 is 2.29 bits per heavy atom. The van der Waals surface area contributed by atoms with E-state index >= 15 is 0 Å². The zero-order valence-corrected chi connectivity index (χ0v) is 15.6. The molecule has 2 heterocycles. The van der Waals surface area contributed by atoms with Gasteiger partial charge in [0.05, 0.1) is 12.8 Å². The van der Waals surface area contributed by atoms with Gasteiger partial charge in [-0.05, 0) is 20.8 Å². The van der Waals surface area contributed by atoms with Crippen molar-refractivity contribution in [2.75, 3.05) is 33.6 Å². The molecule has 0 bridgehead atoms. The summed E-state index contributed by atoms with van der Waals surface area (Å²) < 4.78 is 50.1. The fraction of sp³-hybridized carbons (Fsp3) is 0.929. The molecule has 9 nitrogen and oxygen atoms in total. The van der Waals surface area contributed by atoms with Crippen molar-refractivity contribution in [1.82, 2.24) is 4.90 Å². The Balaban J connectivity index is 2.32. The standard InChI is InChI=1S/C14H25NO8S/c1-13(2,3)22-12(16)15-7-9(23-24(6,17)18)10-11(15)14(19-4,20-5)8-21-10/h9-11H,7-8H2,1-6H3/t9-,10-,11+/m1/s1. The van der Waals surface area contributed by atoms with E-state index in [0.29, 0.717) is 0 Å². The van der Waals surface area contributed by atoms with E-state index < -0.39 is 45.8 Å². The third-order valence-corrected chi connectivity index (χ3v) is 4.53. The lowest BCUT2D eigenvalue weighted by Gasteiger charge is -2.36. The second-order valence-electron chi connectivity index (χ2n) is 6.91. The average Bonchev–Trinajstić information content (AvgIpc) is 2.95. The fourth-order valence-electron chi connectivity index (χ4n) is 3.04. The SMILES string of the molecule is COC1(OC)CO[C@H]2[C@@H]1N(C(=O)OC(C)(C)C)C[C@H]2OS(C)(=O)=O. The summed E-state index contributed by atoms with van der Waals surface area (Å²) in [6.07, 6.45) is -1.22. The molecule has 24 heavy (non-hydrogen) atoms. The first-order chi connectivity index (χ1) is 10.9. The predicted octanol–water partition coefficient (Wildman–Crippen LogP) is 0.338. The number of likely N-dealkylation sites (tertiary alicyclic amines) is 1. The highest BCUT2D eigenvalue weighted by molar-refractivity contribution is 7.86. The van der Waals surface area contributed by atoms with Crippen molar-refractivity contribution in [2.45, 2.75) is 50.4 Å². The third kappa shape index (κ3) is 3.83. The number of ether oxygens (including phenoxy) is 4. The van der Waals surface area contributed by atoms with Gasteiger partial charge in [-0.3, -0.25) is 9.08 Å². The Morgan fingerprint density at radius 1 is 1.25 bits per heavy atom. The minimum absolute atomic E-state index is 0.00815. The monoisotopic (exact) mass is 367 g/mol. The molecule has 0 radical (unpaired) electrons. The third-order valence-electron chi connectivity index (χ3n) is 3.94. The van der Waals surface area contributed by atoms with Crippen molar-refractivity contribution < 1.29 is 36.3 Å². The van der Waals surface area contributed by atoms with Crippen LogP contribution in [-0.2, 0) is 33.2 Å². The van der Waals surface area contributed by atoms with Gasteiger partial charge in [-0.15, -0.1) is 0 Å². The molecule has 0 saturated carbocycles. The molecular weight excluding hydrogens is 342 g/mol. The fourth-order valence-corrected chi connectivity index (χ4v) is 3.66. The van der Waals surface area contributed by atoms with Crippen LogP contribution in [0.1, 0.15) is 20.8 Å². The normalized spacial score (nSPS) is 29.6. The molecule has 1 amide bonds. The molecule has 3 atom stereocenters. The van der Waals surface area contributed by atoms with Crippen LogP contribution in [0.5, 0.6) is 0 Å². The van der Waals surface area contributed by atoms with Crippen LogP contribution >= 0.6 is 0 Å². The number of nitrogens with zero attached hydrogens (tertiary/aromatic N) is 1. The van der Waals surface area contributed by atoms with Gasteiger partial charge in [0.2, 0.25) is 5.79 Å². The molecule has 2 aliphatic rings. The summed E-state index contributed by atoms with van der Waals surface area (Å²) in [5.74, 6) is -1.21. The molecule has 2 rings (SSSR count). The number of fused-ring (bicyclic) bond motifs is 1. The van der Waals surface area contributed by atoms with Crippen LogP contribution < -0.4 is 0 Å². The zero-order valence-electron chi connectivity index (χ0n) is 14.8. The van der Waals surface area contributed by atoms with E-state index in [1.54, 1.807) is 20.8 Å². The predicted molar refractivity (Wildman–Crippen MR) is 82.9 cm³/mol. The maximum Gasteiger partial charge on any atom is 0.410 e. The second kappa shape index (κ2) is 6.41. The van der Waals surface area contributed by atoms with Gasteiger partial charge in [-0.2, -0.15) is 8.42 Å². The number of hydrogen-bond donors (Lipinski definition) is 0. The molecule has 140 valence electrons. The molecule has 0 aromatic heterocycles. The molecule has 2 fully saturated rings. The van der Waals surface area contributed by atoms with Crippen LogP contribution in [0.4, 0.5) is 4.79 Å². The van der Waals surface area contributed by atoms with Crippen LogP contribution in [0, 0.1) is 0 Å². The van der Waals surface area contributed by atoms with Gasteiger partial charge in [0.25, 0.3) is 10.1 Å². The minimum Gasteiger partial charge on any atom is -0.444 e. The summed E-state index contributed by atoms with van der Waals surface area (Å²) in [6, 6.07) is -0.686. The van der Waals surface area contributed by atoms with Crippen molar-refractivity contribution in [3.8, 4) is 0 Å². The molecule has 0 aromatic rings. The molecule has 2 saturated heterocycles. The Hall–Kier alpha value is -0.940. The quantitative estimate of drug-likeness (QED) is 0.518. The van der Waals surface area contributed by atoms with Gasteiger partial charge in [-0.1, -0.05) is 0 Å².